The van der Waals surface area contributed by atoms with Gasteiger partial charge in [-0.05, 0) is 42.8 Å². The van der Waals surface area contributed by atoms with Crippen molar-refractivity contribution in [3.05, 3.63) is 52.7 Å². The van der Waals surface area contributed by atoms with Crippen molar-refractivity contribution in [3.8, 4) is 0 Å². The third-order valence-electron chi connectivity index (χ3n) is 5.65. The molecule has 1 aromatic heterocycles. The van der Waals surface area contributed by atoms with Gasteiger partial charge in [-0.25, -0.2) is 14.4 Å². The maximum atomic E-state index is 13.0. The second-order valence-corrected chi connectivity index (χ2v) is 8.83. The van der Waals surface area contributed by atoms with E-state index in [1.54, 1.807) is 16.2 Å². The number of hydrogen-bond acceptors (Lipinski definition) is 8. The summed E-state index contributed by atoms with van der Waals surface area (Å²) in [5.74, 6) is -4.26. The first kappa shape index (κ1) is 28.0. The Labute approximate surface area is 207 Å². The van der Waals surface area contributed by atoms with Gasteiger partial charge in [0.1, 0.15) is 12.1 Å². The topological polar surface area (TPSA) is 134 Å². The average molecular weight is 507 g/mol. The average Bonchev–Trinajstić information content (AvgIpc) is 3.38. The Balaban J connectivity index is 0.000000641. The predicted octanol–water partition coefficient (Wildman–Crippen LogP) is 2.13. The van der Waals surface area contributed by atoms with Gasteiger partial charge in [0.25, 0.3) is 5.91 Å². The Kier molecular flexibility index (Phi) is 10.8. The largest absolute Gasteiger partial charge is 0.473 e. The first-order valence-corrected chi connectivity index (χ1v) is 11.8. The van der Waals surface area contributed by atoms with Gasteiger partial charge in [-0.3, -0.25) is 9.69 Å². The van der Waals surface area contributed by atoms with E-state index in [4.69, 9.17) is 29.3 Å². The lowest BCUT2D eigenvalue weighted by atomic mass is 9.84. The number of nitrogens with zero attached hydrogens (tertiary/aromatic N) is 2. The summed E-state index contributed by atoms with van der Waals surface area (Å²) in [6.45, 7) is 2.30. The van der Waals surface area contributed by atoms with Gasteiger partial charge in [0, 0.05) is 37.3 Å². The van der Waals surface area contributed by atoms with Crippen molar-refractivity contribution < 1.29 is 38.9 Å². The van der Waals surface area contributed by atoms with E-state index in [0.717, 1.165) is 26.1 Å². The summed E-state index contributed by atoms with van der Waals surface area (Å²) < 4.78 is 10.3. The molecule has 0 atom stereocenters. The third-order valence-corrected chi connectivity index (χ3v) is 6.58. The smallest absolute Gasteiger partial charge is 0.414 e. The maximum Gasteiger partial charge on any atom is 0.414 e. The zero-order valence-corrected chi connectivity index (χ0v) is 20.5. The fourth-order valence-electron chi connectivity index (χ4n) is 3.97. The first-order valence-electron chi connectivity index (χ1n) is 10.9. The van der Waals surface area contributed by atoms with Crippen LogP contribution >= 0.6 is 11.3 Å². The molecule has 2 N–H and O–H groups in total. The van der Waals surface area contributed by atoms with Crippen LogP contribution in [0.4, 0.5) is 5.69 Å². The number of amides is 1. The fraction of sp³-hybridized carbons (Fsp3) is 0.417. The standard InChI is InChI=1S/C22H28N2O4S.C2H2O4/c1-27-17-20(25)24(18-7-4-3-5-8-18)22(21(26)28-2)11-14-23(15-12-22)13-10-19-9-6-16-29-19;3-1(4)2(5)6/h3-9,16H,10-15,17H2,1-2H3;(H,3,4)(H,5,6). The van der Waals surface area contributed by atoms with E-state index in [2.05, 4.69) is 22.4 Å². The Morgan fingerprint density at radius 3 is 2.11 bits per heavy atom. The number of hydrogen-bond donors (Lipinski definition) is 2. The summed E-state index contributed by atoms with van der Waals surface area (Å²) >= 11 is 1.76. The maximum absolute atomic E-state index is 13.0. The van der Waals surface area contributed by atoms with E-state index in [0.29, 0.717) is 18.5 Å². The molecule has 11 heteroatoms. The predicted molar refractivity (Wildman–Crippen MR) is 130 cm³/mol. The van der Waals surface area contributed by atoms with Crippen LogP contribution < -0.4 is 4.90 Å². The number of piperidine rings is 1. The number of aliphatic carboxylic acids is 2. The molecule has 2 heterocycles. The van der Waals surface area contributed by atoms with Crippen molar-refractivity contribution in [1.29, 1.82) is 0 Å². The lowest BCUT2D eigenvalue weighted by Gasteiger charge is -2.46. The van der Waals surface area contributed by atoms with Crippen molar-refractivity contribution in [2.75, 3.05) is 45.4 Å². The molecular weight excluding hydrogens is 476 g/mol. The molecule has 35 heavy (non-hydrogen) atoms. The molecule has 0 unspecified atom stereocenters. The number of carbonyl (C=O) groups is 4. The van der Waals surface area contributed by atoms with Gasteiger partial charge in [-0.2, -0.15) is 0 Å². The fourth-order valence-corrected chi connectivity index (χ4v) is 4.67. The van der Waals surface area contributed by atoms with Gasteiger partial charge in [-0.15, -0.1) is 11.3 Å². The number of benzene rings is 1. The SMILES string of the molecule is COCC(=O)N(c1ccccc1)C1(C(=O)OC)CCN(CCc2cccs2)CC1.O=C(O)C(=O)O. The van der Waals surface area contributed by atoms with Gasteiger partial charge in [0.2, 0.25) is 0 Å². The highest BCUT2D eigenvalue weighted by atomic mass is 32.1. The van der Waals surface area contributed by atoms with Crippen LogP contribution in [0, 0.1) is 0 Å². The van der Waals surface area contributed by atoms with E-state index in [1.165, 1.54) is 19.1 Å². The Morgan fingerprint density at radius 1 is 1.00 bits per heavy atom. The monoisotopic (exact) mass is 506 g/mol. The highest BCUT2D eigenvalue weighted by Crippen LogP contribution is 2.35. The highest BCUT2D eigenvalue weighted by Gasteiger charge is 2.50. The van der Waals surface area contributed by atoms with Crippen molar-refractivity contribution in [2.24, 2.45) is 0 Å². The van der Waals surface area contributed by atoms with E-state index < -0.39 is 17.5 Å². The number of rotatable bonds is 8. The van der Waals surface area contributed by atoms with Gasteiger partial charge in [-0.1, -0.05) is 24.3 Å². The molecule has 1 aromatic carbocycles. The Bertz CT molecular complexity index is 961. The van der Waals surface area contributed by atoms with Crippen LogP contribution in [0.25, 0.3) is 0 Å². The summed E-state index contributed by atoms with van der Waals surface area (Å²) in [5, 5.41) is 16.9. The molecule has 3 rings (SSSR count). The molecule has 0 bridgehead atoms. The van der Waals surface area contributed by atoms with Crippen LogP contribution in [0.5, 0.6) is 0 Å². The number of para-hydroxylation sites is 1. The summed E-state index contributed by atoms with van der Waals surface area (Å²) in [4.78, 5) is 49.5. The molecule has 0 saturated carbocycles. The molecule has 10 nitrogen and oxygen atoms in total. The molecule has 0 aliphatic carbocycles. The molecule has 1 aliphatic rings. The van der Waals surface area contributed by atoms with Gasteiger partial charge >= 0.3 is 17.9 Å². The summed E-state index contributed by atoms with van der Waals surface area (Å²) in [5.41, 5.74) is -0.336. The molecule has 1 fully saturated rings. The summed E-state index contributed by atoms with van der Waals surface area (Å²) in [6, 6.07) is 13.5. The van der Waals surface area contributed by atoms with E-state index in [-0.39, 0.29) is 18.5 Å². The number of carbonyl (C=O) groups excluding carboxylic acids is 2. The molecule has 1 amide bonds. The normalized spacial score (nSPS) is 14.8. The lowest BCUT2D eigenvalue weighted by Crippen LogP contribution is -2.63. The molecule has 0 radical (unpaired) electrons. The van der Waals surface area contributed by atoms with Crippen molar-refractivity contribution in [1.82, 2.24) is 4.90 Å². The zero-order valence-electron chi connectivity index (χ0n) is 19.7. The van der Waals surface area contributed by atoms with Crippen LogP contribution in [-0.2, 0) is 35.1 Å². The molecule has 190 valence electrons. The number of carboxylic acid groups (broad SMARTS) is 2. The number of likely N-dealkylation sites (tertiary alicyclic amines) is 1. The van der Waals surface area contributed by atoms with Crippen molar-refractivity contribution >= 4 is 40.8 Å². The summed E-state index contributed by atoms with van der Waals surface area (Å²) in [7, 11) is 2.87. The molecule has 1 saturated heterocycles. The highest BCUT2D eigenvalue weighted by molar-refractivity contribution is 7.09. The second-order valence-electron chi connectivity index (χ2n) is 7.80. The van der Waals surface area contributed by atoms with Crippen LogP contribution in [0.1, 0.15) is 17.7 Å². The van der Waals surface area contributed by atoms with Crippen LogP contribution in [0.15, 0.2) is 47.8 Å². The van der Waals surface area contributed by atoms with Crippen LogP contribution in [0.3, 0.4) is 0 Å². The number of thiophene rings is 1. The number of anilines is 1. The second kappa shape index (κ2) is 13.6. The number of methoxy groups -OCH3 is 2. The summed E-state index contributed by atoms with van der Waals surface area (Å²) in [6.07, 6.45) is 2.04. The van der Waals surface area contributed by atoms with Gasteiger partial charge in [0.15, 0.2) is 0 Å². The van der Waals surface area contributed by atoms with E-state index >= 15 is 0 Å². The van der Waals surface area contributed by atoms with Gasteiger partial charge in [0.05, 0.1) is 7.11 Å². The van der Waals surface area contributed by atoms with Crippen LogP contribution in [-0.4, -0.2) is 84.9 Å². The van der Waals surface area contributed by atoms with E-state index in [9.17, 15) is 9.59 Å². The minimum Gasteiger partial charge on any atom is -0.473 e. The lowest BCUT2D eigenvalue weighted by molar-refractivity contribution is -0.159. The molecular formula is C24H30N2O8S. The Morgan fingerprint density at radius 2 is 1.63 bits per heavy atom. The number of carboxylic acids is 2. The first-order chi connectivity index (χ1) is 16.7. The molecule has 1 aliphatic heterocycles. The molecule has 2 aromatic rings. The van der Waals surface area contributed by atoms with Crippen LogP contribution in [0.2, 0.25) is 0 Å². The third kappa shape index (κ3) is 7.61. The van der Waals surface area contributed by atoms with Crippen molar-refractivity contribution in [3.63, 3.8) is 0 Å². The van der Waals surface area contributed by atoms with Crippen molar-refractivity contribution in [2.45, 2.75) is 24.8 Å². The number of ether oxygens (including phenoxy) is 2. The quantitative estimate of drug-likeness (QED) is 0.408. The minimum atomic E-state index is -1.82. The van der Waals surface area contributed by atoms with Gasteiger partial charge < -0.3 is 24.6 Å². The Hall–Kier alpha value is -3.28. The zero-order chi connectivity index (χ0) is 25.8. The molecule has 0 spiro atoms. The number of esters is 1. The van der Waals surface area contributed by atoms with E-state index in [1.807, 2.05) is 30.3 Å². The minimum absolute atomic E-state index is 0.0876.